The zero-order chi connectivity index (χ0) is 17.1. The van der Waals surface area contributed by atoms with E-state index >= 15 is 0 Å². The molecule has 1 saturated heterocycles. The third-order valence-electron chi connectivity index (χ3n) is 4.23. The molecule has 0 radical (unpaired) electrons. The van der Waals surface area contributed by atoms with E-state index in [4.69, 9.17) is 4.42 Å². The molecule has 2 aromatic rings. The molecule has 0 saturated carbocycles. The second kappa shape index (κ2) is 6.91. The molecule has 1 aromatic carbocycles. The molecule has 0 N–H and O–H groups in total. The third kappa shape index (κ3) is 3.50. The summed E-state index contributed by atoms with van der Waals surface area (Å²) in [6.07, 6.45) is 6.64. The molecule has 5 nitrogen and oxygen atoms in total. The Morgan fingerprint density at radius 3 is 2.62 bits per heavy atom. The SMILES string of the molecule is CN(C)/C=C/C(=O)c1cc2ccc(N3CCCCC3)cc2oc1=O. The fourth-order valence-electron chi connectivity index (χ4n) is 2.93. The zero-order valence-corrected chi connectivity index (χ0v) is 14.1. The fourth-order valence-corrected chi connectivity index (χ4v) is 2.93. The van der Waals surface area contributed by atoms with Gasteiger partial charge in [0.2, 0.25) is 0 Å². The summed E-state index contributed by atoms with van der Waals surface area (Å²) in [4.78, 5) is 28.4. The molecule has 24 heavy (non-hydrogen) atoms. The highest BCUT2D eigenvalue weighted by Gasteiger charge is 2.14. The highest BCUT2D eigenvalue weighted by Crippen LogP contribution is 2.24. The molecular formula is C19H22N2O3. The molecule has 0 amide bonds. The zero-order valence-electron chi connectivity index (χ0n) is 14.1. The van der Waals surface area contributed by atoms with Gasteiger partial charge in [0.15, 0.2) is 5.78 Å². The van der Waals surface area contributed by atoms with Crippen molar-refractivity contribution in [3.05, 3.63) is 52.5 Å². The molecule has 1 aliphatic rings. The topological polar surface area (TPSA) is 53.8 Å². The summed E-state index contributed by atoms with van der Waals surface area (Å²) in [6, 6.07) is 7.45. The van der Waals surface area contributed by atoms with Crippen molar-refractivity contribution in [2.75, 3.05) is 32.1 Å². The van der Waals surface area contributed by atoms with Crippen LogP contribution in [0.5, 0.6) is 0 Å². The van der Waals surface area contributed by atoms with E-state index in [0.29, 0.717) is 5.58 Å². The standard InChI is InChI=1S/C19H22N2O3/c1-20(2)11-8-17(22)16-12-14-6-7-15(13-18(14)24-19(16)23)21-9-4-3-5-10-21/h6-8,11-13H,3-5,9-10H2,1-2H3/b11-8+. The predicted octanol–water partition coefficient (Wildman–Crippen LogP) is 3.04. The first-order valence-electron chi connectivity index (χ1n) is 8.26. The van der Waals surface area contributed by atoms with Crippen LogP contribution in [-0.2, 0) is 0 Å². The average Bonchev–Trinajstić information content (AvgIpc) is 2.59. The first-order valence-corrected chi connectivity index (χ1v) is 8.26. The van der Waals surface area contributed by atoms with Crippen LogP contribution >= 0.6 is 0 Å². The monoisotopic (exact) mass is 326 g/mol. The molecule has 2 heterocycles. The number of piperidine rings is 1. The summed E-state index contributed by atoms with van der Waals surface area (Å²) in [6.45, 7) is 2.06. The highest BCUT2D eigenvalue weighted by molar-refractivity contribution is 6.05. The van der Waals surface area contributed by atoms with E-state index < -0.39 is 5.63 Å². The smallest absolute Gasteiger partial charge is 0.347 e. The molecule has 0 aliphatic carbocycles. The maximum absolute atomic E-state index is 12.2. The van der Waals surface area contributed by atoms with Crippen molar-refractivity contribution in [2.24, 2.45) is 0 Å². The molecule has 0 unspecified atom stereocenters. The van der Waals surface area contributed by atoms with E-state index in [-0.39, 0.29) is 11.3 Å². The Balaban J connectivity index is 1.94. The molecule has 5 heteroatoms. The summed E-state index contributed by atoms with van der Waals surface area (Å²) < 4.78 is 5.40. The lowest BCUT2D eigenvalue weighted by Crippen LogP contribution is -2.29. The quantitative estimate of drug-likeness (QED) is 0.491. The number of allylic oxidation sites excluding steroid dienone is 1. The molecular weight excluding hydrogens is 304 g/mol. The maximum atomic E-state index is 12.2. The van der Waals surface area contributed by atoms with E-state index in [0.717, 1.165) is 24.2 Å². The first kappa shape index (κ1) is 16.3. The molecule has 0 bridgehead atoms. The second-order valence-corrected chi connectivity index (χ2v) is 6.36. The maximum Gasteiger partial charge on any atom is 0.347 e. The van der Waals surface area contributed by atoms with E-state index in [1.54, 1.807) is 17.2 Å². The van der Waals surface area contributed by atoms with Crippen LogP contribution in [0.4, 0.5) is 5.69 Å². The minimum absolute atomic E-state index is 0.0614. The van der Waals surface area contributed by atoms with Crippen molar-refractivity contribution in [2.45, 2.75) is 19.3 Å². The molecule has 1 fully saturated rings. The Morgan fingerprint density at radius 2 is 1.92 bits per heavy atom. The van der Waals surface area contributed by atoms with Crippen LogP contribution in [-0.4, -0.2) is 37.9 Å². The van der Waals surface area contributed by atoms with Crippen LogP contribution in [0, 0.1) is 0 Å². The van der Waals surface area contributed by atoms with Crippen LogP contribution in [0.25, 0.3) is 11.0 Å². The van der Waals surface area contributed by atoms with Gasteiger partial charge in [-0.2, -0.15) is 0 Å². The second-order valence-electron chi connectivity index (χ2n) is 6.36. The summed E-state index contributed by atoms with van der Waals surface area (Å²) in [5, 5.41) is 0.761. The summed E-state index contributed by atoms with van der Waals surface area (Å²) in [7, 11) is 3.63. The van der Waals surface area contributed by atoms with Gasteiger partial charge in [0.1, 0.15) is 11.1 Å². The molecule has 3 rings (SSSR count). The number of hydrogen-bond acceptors (Lipinski definition) is 5. The number of nitrogens with zero attached hydrogens (tertiary/aromatic N) is 2. The van der Waals surface area contributed by atoms with Crippen LogP contribution in [0.3, 0.4) is 0 Å². The van der Waals surface area contributed by atoms with Crippen LogP contribution < -0.4 is 10.5 Å². The third-order valence-corrected chi connectivity index (χ3v) is 4.23. The number of anilines is 1. The Kier molecular flexibility index (Phi) is 4.69. The van der Waals surface area contributed by atoms with Crippen molar-refractivity contribution >= 4 is 22.4 Å². The van der Waals surface area contributed by atoms with Crippen LogP contribution in [0.2, 0.25) is 0 Å². The largest absolute Gasteiger partial charge is 0.422 e. The van der Waals surface area contributed by atoms with Gasteiger partial charge in [0.25, 0.3) is 0 Å². The van der Waals surface area contributed by atoms with Crippen LogP contribution in [0.1, 0.15) is 29.6 Å². The number of rotatable bonds is 4. The number of carbonyl (C=O) groups excluding carboxylic acids is 1. The van der Waals surface area contributed by atoms with Gasteiger partial charge in [-0.15, -0.1) is 0 Å². The minimum Gasteiger partial charge on any atom is -0.422 e. The number of benzene rings is 1. The van der Waals surface area contributed by atoms with E-state index in [1.165, 1.54) is 25.3 Å². The number of carbonyl (C=O) groups is 1. The minimum atomic E-state index is -0.591. The Bertz CT molecular complexity index is 830. The average molecular weight is 326 g/mol. The highest BCUT2D eigenvalue weighted by atomic mass is 16.4. The van der Waals surface area contributed by atoms with Gasteiger partial charge in [-0.25, -0.2) is 4.79 Å². The lowest BCUT2D eigenvalue weighted by Gasteiger charge is -2.28. The molecule has 0 spiro atoms. The molecule has 1 aromatic heterocycles. The van der Waals surface area contributed by atoms with Crippen molar-refractivity contribution in [1.82, 2.24) is 4.90 Å². The molecule has 1 aliphatic heterocycles. The lowest BCUT2D eigenvalue weighted by atomic mass is 10.1. The van der Waals surface area contributed by atoms with E-state index in [2.05, 4.69) is 4.90 Å². The molecule has 126 valence electrons. The number of ketones is 1. The summed E-state index contributed by atoms with van der Waals surface area (Å²) in [5.41, 5.74) is 1.06. The fraction of sp³-hybridized carbons (Fsp3) is 0.368. The van der Waals surface area contributed by atoms with Gasteiger partial charge in [-0.05, 0) is 37.5 Å². The van der Waals surface area contributed by atoms with Crippen molar-refractivity contribution in [1.29, 1.82) is 0 Å². The van der Waals surface area contributed by atoms with Gasteiger partial charge in [0, 0.05) is 56.6 Å². The predicted molar refractivity (Wildman–Crippen MR) is 95.7 cm³/mol. The Labute approximate surface area is 141 Å². The normalized spacial score (nSPS) is 15.2. The van der Waals surface area contributed by atoms with Crippen LogP contribution in [0.15, 0.2) is 45.8 Å². The van der Waals surface area contributed by atoms with Crippen molar-refractivity contribution in [3.8, 4) is 0 Å². The molecule has 0 atom stereocenters. The van der Waals surface area contributed by atoms with Crippen molar-refractivity contribution in [3.63, 3.8) is 0 Å². The van der Waals surface area contributed by atoms with E-state index in [9.17, 15) is 9.59 Å². The number of fused-ring (bicyclic) bond motifs is 1. The first-order chi connectivity index (χ1) is 11.5. The Morgan fingerprint density at radius 1 is 1.17 bits per heavy atom. The lowest BCUT2D eigenvalue weighted by molar-refractivity contribution is 0.104. The number of hydrogen-bond donors (Lipinski definition) is 0. The van der Waals surface area contributed by atoms with E-state index in [1.807, 2.05) is 32.3 Å². The van der Waals surface area contributed by atoms with Gasteiger partial charge < -0.3 is 14.2 Å². The van der Waals surface area contributed by atoms with Gasteiger partial charge >= 0.3 is 5.63 Å². The summed E-state index contributed by atoms with van der Waals surface area (Å²) in [5.74, 6) is -0.348. The Hall–Kier alpha value is -2.56. The van der Waals surface area contributed by atoms with Gasteiger partial charge in [0.05, 0.1) is 0 Å². The van der Waals surface area contributed by atoms with Crippen molar-refractivity contribution < 1.29 is 9.21 Å². The van der Waals surface area contributed by atoms with Gasteiger partial charge in [-0.1, -0.05) is 0 Å². The van der Waals surface area contributed by atoms with Gasteiger partial charge in [-0.3, -0.25) is 4.79 Å². The summed E-state index contributed by atoms with van der Waals surface area (Å²) >= 11 is 0.